The van der Waals surface area contributed by atoms with Gasteiger partial charge >= 0.3 is 0 Å². The van der Waals surface area contributed by atoms with Crippen molar-refractivity contribution in [3.8, 4) is 0 Å². The highest BCUT2D eigenvalue weighted by Crippen LogP contribution is 2.53. The smallest absolute Gasteiger partial charge is 0.0471 e. The molecule has 0 aromatic heterocycles. The molecular formula is C13H12S. The lowest BCUT2D eigenvalue weighted by atomic mass is 9.99. The number of fused-ring (bicyclic) bond motifs is 1. The summed E-state index contributed by atoms with van der Waals surface area (Å²) in [5.41, 5.74) is 1.47. The van der Waals surface area contributed by atoms with Gasteiger partial charge in [0.1, 0.15) is 0 Å². The normalized spacial score (nSPS) is 25.2. The highest BCUT2D eigenvalue weighted by atomic mass is 32.2. The van der Waals surface area contributed by atoms with Crippen LogP contribution in [0.25, 0.3) is 10.8 Å². The first-order valence-corrected chi connectivity index (χ1v) is 5.90. The lowest BCUT2D eigenvalue weighted by molar-refractivity contribution is 0.889. The van der Waals surface area contributed by atoms with Crippen molar-refractivity contribution >= 4 is 22.5 Å². The van der Waals surface area contributed by atoms with E-state index in [1.807, 2.05) is 11.8 Å². The molecule has 1 heterocycles. The van der Waals surface area contributed by atoms with Crippen LogP contribution in [0.3, 0.4) is 0 Å². The largest absolute Gasteiger partial charge is 0.148 e. The molecule has 14 heavy (non-hydrogen) atoms. The second kappa shape index (κ2) is 2.77. The molecule has 1 unspecified atom stereocenters. The van der Waals surface area contributed by atoms with Crippen LogP contribution in [0.2, 0.25) is 0 Å². The fourth-order valence-corrected chi connectivity index (χ4v) is 2.47. The highest BCUT2D eigenvalue weighted by molar-refractivity contribution is 8.07. The van der Waals surface area contributed by atoms with Crippen LogP contribution < -0.4 is 0 Å². The molecule has 0 amide bonds. The van der Waals surface area contributed by atoms with Gasteiger partial charge in [-0.3, -0.25) is 0 Å². The maximum Gasteiger partial charge on any atom is 0.0471 e. The van der Waals surface area contributed by atoms with Gasteiger partial charge < -0.3 is 0 Å². The molecule has 3 rings (SSSR count). The van der Waals surface area contributed by atoms with Gasteiger partial charge in [-0.2, -0.15) is 0 Å². The van der Waals surface area contributed by atoms with Gasteiger partial charge in [0.2, 0.25) is 0 Å². The van der Waals surface area contributed by atoms with Crippen LogP contribution in [0.5, 0.6) is 0 Å². The molecule has 1 fully saturated rings. The van der Waals surface area contributed by atoms with Gasteiger partial charge in [0.25, 0.3) is 0 Å². The van der Waals surface area contributed by atoms with E-state index in [0.29, 0.717) is 4.75 Å². The average Bonchev–Trinajstić information content (AvgIpc) is 2.97. The Bertz CT molecular complexity index is 483. The summed E-state index contributed by atoms with van der Waals surface area (Å²) in [6.07, 6.45) is 0. The van der Waals surface area contributed by atoms with Gasteiger partial charge in [0, 0.05) is 10.5 Å². The van der Waals surface area contributed by atoms with Crippen LogP contribution in [0.15, 0.2) is 42.5 Å². The maximum atomic E-state index is 2.33. The first kappa shape index (κ1) is 8.37. The third kappa shape index (κ3) is 1.24. The van der Waals surface area contributed by atoms with Crippen molar-refractivity contribution in [3.05, 3.63) is 48.0 Å². The number of hydrogen-bond acceptors (Lipinski definition) is 1. The molecule has 1 aliphatic heterocycles. The van der Waals surface area contributed by atoms with Crippen LogP contribution in [0, 0.1) is 0 Å². The first-order chi connectivity index (χ1) is 6.78. The van der Waals surface area contributed by atoms with Crippen molar-refractivity contribution in [1.82, 2.24) is 0 Å². The van der Waals surface area contributed by atoms with Crippen molar-refractivity contribution in [1.29, 1.82) is 0 Å². The molecule has 0 saturated carbocycles. The summed E-state index contributed by atoms with van der Waals surface area (Å²) >= 11 is 2.03. The topological polar surface area (TPSA) is 0 Å². The third-order valence-electron chi connectivity index (χ3n) is 2.94. The fraction of sp³-hybridized carbons (Fsp3) is 0.231. The van der Waals surface area contributed by atoms with Crippen LogP contribution in [0.1, 0.15) is 12.5 Å². The second-order valence-electron chi connectivity index (χ2n) is 4.08. The Hall–Kier alpha value is -0.950. The Kier molecular flexibility index (Phi) is 1.65. The predicted octanol–water partition coefficient (Wildman–Crippen LogP) is 3.80. The van der Waals surface area contributed by atoms with Gasteiger partial charge in [0.05, 0.1) is 0 Å². The van der Waals surface area contributed by atoms with Crippen molar-refractivity contribution in [2.45, 2.75) is 11.7 Å². The molecule has 0 bridgehead atoms. The van der Waals surface area contributed by atoms with Crippen molar-refractivity contribution in [2.75, 3.05) is 5.75 Å². The minimum atomic E-state index is 0.407. The quantitative estimate of drug-likeness (QED) is 0.631. The minimum Gasteiger partial charge on any atom is -0.148 e. The molecule has 0 radical (unpaired) electrons. The highest BCUT2D eigenvalue weighted by Gasteiger charge is 2.40. The first-order valence-electron chi connectivity index (χ1n) is 4.91. The Morgan fingerprint density at radius 3 is 2.50 bits per heavy atom. The SMILES string of the molecule is CC1(c2ccc3ccccc3c2)CS1. The number of rotatable bonds is 1. The third-order valence-corrected chi connectivity index (χ3v) is 4.33. The standard InChI is InChI=1S/C13H12S/c1-13(9-14-13)12-7-6-10-4-2-3-5-11(10)8-12/h2-8H,9H2,1H3. The Labute approximate surface area is 88.3 Å². The maximum absolute atomic E-state index is 2.33. The molecule has 1 atom stereocenters. The molecule has 0 aliphatic carbocycles. The second-order valence-corrected chi connectivity index (χ2v) is 5.56. The number of benzene rings is 2. The van der Waals surface area contributed by atoms with Gasteiger partial charge in [0.15, 0.2) is 0 Å². The van der Waals surface area contributed by atoms with Crippen LogP contribution >= 0.6 is 11.8 Å². The lowest BCUT2D eigenvalue weighted by Crippen LogP contribution is -1.99. The summed E-state index contributed by atoms with van der Waals surface area (Å²) < 4.78 is 0.407. The van der Waals surface area contributed by atoms with Crippen LogP contribution in [0.4, 0.5) is 0 Å². The Balaban J connectivity index is 2.20. The number of thioether (sulfide) groups is 1. The zero-order valence-corrected chi connectivity index (χ0v) is 8.97. The van der Waals surface area contributed by atoms with E-state index >= 15 is 0 Å². The van der Waals surface area contributed by atoms with Crippen molar-refractivity contribution < 1.29 is 0 Å². The molecule has 2 aromatic rings. The molecule has 1 aliphatic rings. The molecule has 1 heteroatoms. The zero-order chi connectivity index (χ0) is 9.60. The van der Waals surface area contributed by atoms with E-state index in [9.17, 15) is 0 Å². The summed E-state index contributed by atoms with van der Waals surface area (Å²) in [4.78, 5) is 0. The van der Waals surface area contributed by atoms with E-state index in [4.69, 9.17) is 0 Å². The molecule has 1 saturated heterocycles. The van der Waals surface area contributed by atoms with E-state index in [1.54, 1.807) is 0 Å². The van der Waals surface area contributed by atoms with E-state index < -0.39 is 0 Å². The predicted molar refractivity (Wildman–Crippen MR) is 63.8 cm³/mol. The molecule has 0 nitrogen and oxygen atoms in total. The lowest BCUT2D eigenvalue weighted by Gasteiger charge is -2.07. The van der Waals surface area contributed by atoms with E-state index in [-0.39, 0.29) is 0 Å². The molecular weight excluding hydrogens is 188 g/mol. The molecule has 0 N–H and O–H groups in total. The van der Waals surface area contributed by atoms with Crippen molar-refractivity contribution in [3.63, 3.8) is 0 Å². The number of hydrogen-bond donors (Lipinski definition) is 0. The fourth-order valence-electron chi connectivity index (χ4n) is 1.79. The summed E-state index contributed by atoms with van der Waals surface area (Å²) in [7, 11) is 0. The van der Waals surface area contributed by atoms with Gasteiger partial charge in [-0.25, -0.2) is 0 Å². The van der Waals surface area contributed by atoms with E-state index in [0.717, 1.165) is 0 Å². The van der Waals surface area contributed by atoms with Crippen LogP contribution in [-0.2, 0) is 4.75 Å². The van der Waals surface area contributed by atoms with Gasteiger partial charge in [-0.1, -0.05) is 36.4 Å². The van der Waals surface area contributed by atoms with E-state index in [2.05, 4.69) is 49.4 Å². The van der Waals surface area contributed by atoms with Gasteiger partial charge in [-0.15, -0.1) is 11.8 Å². The zero-order valence-electron chi connectivity index (χ0n) is 8.16. The summed E-state index contributed by atoms with van der Waals surface area (Å²) in [6, 6.07) is 15.4. The summed E-state index contributed by atoms with van der Waals surface area (Å²) in [6.45, 7) is 2.32. The molecule has 2 aromatic carbocycles. The average molecular weight is 200 g/mol. The molecule has 70 valence electrons. The van der Waals surface area contributed by atoms with Crippen LogP contribution in [-0.4, -0.2) is 5.75 Å². The molecule has 0 spiro atoms. The Morgan fingerprint density at radius 2 is 1.79 bits per heavy atom. The summed E-state index contributed by atoms with van der Waals surface area (Å²) in [5, 5.41) is 2.70. The van der Waals surface area contributed by atoms with Crippen molar-refractivity contribution in [2.24, 2.45) is 0 Å². The monoisotopic (exact) mass is 200 g/mol. The minimum absolute atomic E-state index is 0.407. The summed E-state index contributed by atoms with van der Waals surface area (Å²) in [5.74, 6) is 1.27. The Morgan fingerprint density at radius 1 is 1.07 bits per heavy atom. The van der Waals surface area contributed by atoms with Gasteiger partial charge in [-0.05, 0) is 29.3 Å². The van der Waals surface area contributed by atoms with E-state index in [1.165, 1.54) is 22.1 Å².